The second-order valence-corrected chi connectivity index (χ2v) is 7.26. The fraction of sp³-hybridized carbons (Fsp3) is 0.318. The van der Waals surface area contributed by atoms with Crippen LogP contribution in [-0.2, 0) is 21.7 Å². The zero-order valence-electron chi connectivity index (χ0n) is 16.2. The van der Waals surface area contributed by atoms with E-state index >= 15 is 0 Å². The Labute approximate surface area is 186 Å². The van der Waals surface area contributed by atoms with E-state index in [1.807, 2.05) is 20.8 Å². The van der Waals surface area contributed by atoms with Crippen LogP contribution >= 0.6 is 0 Å². The average molecular weight is 424 g/mol. The predicted octanol–water partition coefficient (Wildman–Crippen LogP) is 0.988. The molecule has 0 amide bonds. The molecule has 4 heteroatoms. The van der Waals surface area contributed by atoms with Gasteiger partial charge in [-0.2, -0.15) is 12.5 Å². The van der Waals surface area contributed by atoms with Gasteiger partial charge in [0.15, 0.2) is 0 Å². The normalized spacial score (nSPS) is 12.9. The summed E-state index contributed by atoms with van der Waals surface area (Å²) < 4.78 is 0. The van der Waals surface area contributed by atoms with Gasteiger partial charge in [0.25, 0.3) is 0 Å². The second-order valence-electron chi connectivity index (χ2n) is 7.26. The van der Waals surface area contributed by atoms with Crippen LogP contribution in [0.25, 0.3) is 22.1 Å². The van der Waals surface area contributed by atoms with E-state index in [4.69, 9.17) is 5.73 Å². The molecule has 1 nitrogen and oxygen atoms in total. The van der Waals surface area contributed by atoms with Gasteiger partial charge in [0.2, 0.25) is 0 Å². The van der Waals surface area contributed by atoms with Crippen LogP contribution in [0.2, 0.25) is 0 Å². The number of hydrogen-bond donors (Lipinski definition) is 0. The maximum absolute atomic E-state index is 6.94. The van der Waals surface area contributed by atoms with Gasteiger partial charge < -0.3 is 30.5 Å². The molecule has 0 fully saturated rings. The summed E-state index contributed by atoms with van der Waals surface area (Å²) in [5.74, 6) is 0. The van der Waals surface area contributed by atoms with E-state index in [2.05, 4.69) is 63.2 Å². The van der Waals surface area contributed by atoms with Gasteiger partial charge in [-0.3, -0.25) is 0 Å². The molecule has 0 radical (unpaired) electrons. The first-order valence-corrected chi connectivity index (χ1v) is 8.14. The van der Waals surface area contributed by atoms with Crippen molar-refractivity contribution in [3.63, 3.8) is 0 Å². The number of nitrogens with one attached hydrogen (secondary N) is 1. The van der Waals surface area contributed by atoms with Crippen molar-refractivity contribution in [1.82, 2.24) is 0 Å². The summed E-state index contributed by atoms with van der Waals surface area (Å²) in [6.07, 6.45) is 3.35. The molecule has 0 saturated carbocycles. The molecule has 140 valence electrons. The Balaban J connectivity index is 0. The summed E-state index contributed by atoms with van der Waals surface area (Å²) in [4.78, 5) is 0. The summed E-state index contributed by atoms with van der Waals surface area (Å²) in [6, 6.07) is 12.9. The molecule has 0 unspecified atom stereocenters. The van der Waals surface area contributed by atoms with Crippen molar-refractivity contribution in [2.45, 2.75) is 46.6 Å². The first-order valence-electron chi connectivity index (χ1n) is 8.14. The van der Waals surface area contributed by atoms with Crippen molar-refractivity contribution in [1.29, 1.82) is 0 Å². The van der Waals surface area contributed by atoms with E-state index in [0.717, 1.165) is 12.0 Å². The van der Waals surface area contributed by atoms with Crippen LogP contribution in [0.3, 0.4) is 0 Å². The van der Waals surface area contributed by atoms with E-state index in [9.17, 15) is 0 Å². The summed E-state index contributed by atoms with van der Waals surface area (Å²) in [5.41, 5.74) is 13.4. The molecule has 0 atom stereocenters. The minimum atomic E-state index is -0.250. The largest absolute Gasteiger partial charge is 2.00 e. The maximum atomic E-state index is 6.94. The van der Waals surface area contributed by atoms with E-state index < -0.39 is 0 Å². The monoisotopic (exact) mass is 423 g/mol. The quantitative estimate of drug-likeness (QED) is 0.482. The van der Waals surface area contributed by atoms with Crippen molar-refractivity contribution in [3.8, 4) is 0 Å². The van der Waals surface area contributed by atoms with E-state index in [0.29, 0.717) is 0 Å². The summed E-state index contributed by atoms with van der Waals surface area (Å²) in [6.45, 7) is 14.3. The Bertz CT molecular complexity index is 780. The molecule has 0 heterocycles. The van der Waals surface area contributed by atoms with Crippen LogP contribution in [0.15, 0.2) is 53.6 Å². The molecule has 0 saturated heterocycles. The van der Waals surface area contributed by atoms with Gasteiger partial charge in [-0.15, -0.1) is 28.6 Å². The van der Waals surface area contributed by atoms with E-state index in [1.165, 1.54) is 33.1 Å². The van der Waals surface area contributed by atoms with Crippen LogP contribution in [0, 0.1) is 6.92 Å². The fourth-order valence-electron chi connectivity index (χ4n) is 2.73. The van der Waals surface area contributed by atoms with Gasteiger partial charge >= 0.3 is 21.7 Å². The van der Waals surface area contributed by atoms with Gasteiger partial charge in [0.1, 0.15) is 0 Å². The molecular formula is C22H27Cl2NTi-2. The zero-order valence-corrected chi connectivity index (χ0v) is 19.3. The Morgan fingerprint density at radius 2 is 1.50 bits per heavy atom. The first-order chi connectivity index (χ1) is 10.7. The van der Waals surface area contributed by atoms with E-state index in [1.54, 1.807) is 0 Å². The molecule has 0 aliphatic heterocycles. The third-order valence-corrected chi connectivity index (χ3v) is 4.02. The molecule has 2 aromatic rings. The third-order valence-electron chi connectivity index (χ3n) is 4.02. The number of rotatable bonds is 1. The molecule has 1 N–H and O–H groups in total. The minimum Gasteiger partial charge on any atom is -1.00 e. The van der Waals surface area contributed by atoms with Gasteiger partial charge in [-0.1, -0.05) is 73.2 Å². The second kappa shape index (κ2) is 11.2. The van der Waals surface area contributed by atoms with Gasteiger partial charge in [0.05, 0.1) is 0 Å². The minimum absolute atomic E-state index is 0. The van der Waals surface area contributed by atoms with Crippen molar-refractivity contribution in [2.24, 2.45) is 0 Å². The van der Waals surface area contributed by atoms with E-state index in [-0.39, 0.29) is 52.1 Å². The summed E-state index contributed by atoms with van der Waals surface area (Å²) in [5, 5.41) is 2.53. The molecule has 1 aliphatic rings. The number of benzene rings is 2. The number of halogens is 2. The molecule has 26 heavy (non-hydrogen) atoms. The van der Waals surface area contributed by atoms with Crippen LogP contribution in [0.1, 0.15) is 52.2 Å². The van der Waals surface area contributed by atoms with Crippen molar-refractivity contribution < 1.29 is 46.5 Å². The third kappa shape index (κ3) is 7.14. The van der Waals surface area contributed by atoms with Crippen LogP contribution < -0.4 is 24.8 Å². The van der Waals surface area contributed by atoms with Crippen LogP contribution in [0.5, 0.6) is 0 Å². The van der Waals surface area contributed by atoms with Gasteiger partial charge in [0, 0.05) is 0 Å². The van der Waals surface area contributed by atoms with Crippen molar-refractivity contribution in [2.75, 3.05) is 0 Å². The number of fused-ring (bicyclic) bond motifs is 1. The SMILES string of the molecule is CC(C)(C)[NH-].[CH2-]c1c(C2=C(C)C(C)=CC2)ccc2ccccc12.[Cl-].[Cl-].[Ti+2]. The smallest absolute Gasteiger partial charge is 1.00 e. The van der Waals surface area contributed by atoms with Gasteiger partial charge in [-0.05, 0) is 20.3 Å². The summed E-state index contributed by atoms with van der Waals surface area (Å²) in [7, 11) is 0. The van der Waals surface area contributed by atoms with Crippen LogP contribution in [-0.4, -0.2) is 5.54 Å². The number of allylic oxidation sites excluding steroid dienone is 4. The topological polar surface area (TPSA) is 23.8 Å². The Kier molecular flexibility index (Phi) is 11.9. The molecule has 1 aliphatic carbocycles. The Hall–Kier alpha value is -0.696. The molecule has 3 rings (SSSR count). The van der Waals surface area contributed by atoms with Crippen molar-refractivity contribution in [3.05, 3.63) is 77.4 Å². The fourth-order valence-corrected chi connectivity index (χ4v) is 2.73. The van der Waals surface area contributed by atoms with Crippen molar-refractivity contribution >= 4 is 16.3 Å². The molecule has 2 aromatic carbocycles. The number of hydrogen-bond acceptors (Lipinski definition) is 0. The zero-order chi connectivity index (χ0) is 17.2. The molecular weight excluding hydrogens is 397 g/mol. The average Bonchev–Trinajstić information content (AvgIpc) is 2.78. The standard InChI is InChI=1S/C18H17.C4H10N.2ClH.Ti/c1-12-8-10-17(13(12)2)18-11-9-15-6-4-5-7-16(15)14(18)3;1-4(2,3)5;;;/h4-9,11H,3,10H2,1-2H3;5H,1-3H3;2*1H;/q2*-1;;;+2/p-2. The molecule has 0 aromatic heterocycles. The Morgan fingerprint density at radius 1 is 0.962 bits per heavy atom. The summed E-state index contributed by atoms with van der Waals surface area (Å²) >= 11 is 0. The predicted molar refractivity (Wildman–Crippen MR) is 103 cm³/mol. The molecule has 0 bridgehead atoms. The maximum Gasteiger partial charge on any atom is 2.00 e. The molecule has 0 spiro atoms. The van der Waals surface area contributed by atoms with Crippen LogP contribution in [0.4, 0.5) is 0 Å². The first kappa shape index (κ1) is 27.5. The van der Waals surface area contributed by atoms with Gasteiger partial charge in [-0.25, -0.2) is 0 Å². The Morgan fingerprint density at radius 3 is 2.00 bits per heavy atom.